The molecule has 1 amide bonds. The first-order chi connectivity index (χ1) is 9.34. The van der Waals surface area contributed by atoms with Gasteiger partial charge in [0.2, 0.25) is 0 Å². The third-order valence-corrected chi connectivity index (χ3v) is 3.49. The lowest BCUT2D eigenvalue weighted by Gasteiger charge is -2.46. The zero-order chi connectivity index (χ0) is 14.8. The highest BCUT2D eigenvalue weighted by Gasteiger charge is 2.44. The van der Waals surface area contributed by atoms with E-state index in [-0.39, 0.29) is 6.54 Å². The van der Waals surface area contributed by atoms with E-state index in [0.717, 1.165) is 6.29 Å². The van der Waals surface area contributed by atoms with Gasteiger partial charge in [-0.2, -0.15) is 0 Å². The van der Waals surface area contributed by atoms with Crippen LogP contribution in [0.5, 0.6) is 0 Å². The van der Waals surface area contributed by atoms with Gasteiger partial charge in [0, 0.05) is 26.1 Å². The summed E-state index contributed by atoms with van der Waals surface area (Å²) in [6.45, 7) is 7.37. The summed E-state index contributed by atoms with van der Waals surface area (Å²) in [6, 6.07) is 0. The molecule has 0 radical (unpaired) electrons. The molecular formula is C14H23NO5. The van der Waals surface area contributed by atoms with Crippen molar-refractivity contribution in [3.05, 3.63) is 0 Å². The van der Waals surface area contributed by atoms with Crippen molar-refractivity contribution in [2.24, 2.45) is 0 Å². The zero-order valence-electron chi connectivity index (χ0n) is 12.4. The highest BCUT2D eigenvalue weighted by molar-refractivity contribution is 5.70. The van der Waals surface area contributed by atoms with Crippen molar-refractivity contribution < 1.29 is 23.8 Å². The van der Waals surface area contributed by atoms with Crippen LogP contribution >= 0.6 is 0 Å². The Morgan fingerprint density at radius 2 is 2.00 bits per heavy atom. The molecule has 2 fully saturated rings. The number of ether oxygens (including phenoxy) is 3. The minimum atomic E-state index is -0.589. The molecule has 6 nitrogen and oxygen atoms in total. The van der Waals surface area contributed by atoms with Crippen LogP contribution in [0.3, 0.4) is 0 Å². The van der Waals surface area contributed by atoms with Gasteiger partial charge in [-0.25, -0.2) is 4.79 Å². The van der Waals surface area contributed by atoms with Crippen LogP contribution in [0.1, 0.15) is 33.6 Å². The zero-order valence-corrected chi connectivity index (χ0v) is 12.4. The molecule has 0 aliphatic carbocycles. The average molecular weight is 285 g/mol. The maximum absolute atomic E-state index is 12.2. The van der Waals surface area contributed by atoms with Gasteiger partial charge in [-0.05, 0) is 20.8 Å². The molecule has 2 rings (SSSR count). The summed E-state index contributed by atoms with van der Waals surface area (Å²) in [6.07, 6.45) is 1.16. The molecule has 6 heteroatoms. The fraction of sp³-hybridized carbons (Fsp3) is 0.857. The predicted molar refractivity (Wildman–Crippen MR) is 71.5 cm³/mol. The Morgan fingerprint density at radius 1 is 1.35 bits per heavy atom. The SMILES string of the molecule is CC(C)(C)OC(=O)N1C[C@@H](C=O)OC2(CCOCC2)C1. The van der Waals surface area contributed by atoms with Crippen LogP contribution in [0, 0.1) is 0 Å². The number of rotatable bonds is 1. The molecule has 2 heterocycles. The maximum atomic E-state index is 12.2. The summed E-state index contributed by atoms with van der Waals surface area (Å²) in [7, 11) is 0. The summed E-state index contributed by atoms with van der Waals surface area (Å²) in [5, 5.41) is 0. The van der Waals surface area contributed by atoms with Crippen LogP contribution in [0.15, 0.2) is 0 Å². The normalized spacial score (nSPS) is 26.4. The van der Waals surface area contributed by atoms with Gasteiger partial charge in [0.15, 0.2) is 6.29 Å². The van der Waals surface area contributed by atoms with Gasteiger partial charge in [0.1, 0.15) is 11.7 Å². The van der Waals surface area contributed by atoms with E-state index in [9.17, 15) is 9.59 Å². The van der Waals surface area contributed by atoms with E-state index >= 15 is 0 Å². The van der Waals surface area contributed by atoms with E-state index in [1.165, 1.54) is 0 Å². The first kappa shape index (κ1) is 15.3. The highest BCUT2D eigenvalue weighted by Crippen LogP contribution is 2.31. The molecule has 1 spiro atoms. The maximum Gasteiger partial charge on any atom is 0.410 e. The van der Waals surface area contributed by atoms with Crippen LogP contribution in [-0.4, -0.2) is 60.9 Å². The molecule has 0 aromatic heterocycles. The van der Waals surface area contributed by atoms with E-state index in [0.29, 0.717) is 32.6 Å². The molecule has 0 bridgehead atoms. The third kappa shape index (κ3) is 3.70. The second-order valence-corrected chi connectivity index (χ2v) is 6.45. The summed E-state index contributed by atoms with van der Waals surface area (Å²) >= 11 is 0. The number of nitrogens with zero attached hydrogens (tertiary/aromatic N) is 1. The van der Waals surface area contributed by atoms with E-state index in [2.05, 4.69) is 0 Å². The van der Waals surface area contributed by atoms with Gasteiger partial charge >= 0.3 is 6.09 Å². The van der Waals surface area contributed by atoms with Crippen molar-refractivity contribution in [1.29, 1.82) is 0 Å². The van der Waals surface area contributed by atoms with E-state index in [4.69, 9.17) is 14.2 Å². The fourth-order valence-corrected chi connectivity index (χ4v) is 2.58. The molecule has 114 valence electrons. The molecule has 0 N–H and O–H groups in total. The Morgan fingerprint density at radius 3 is 2.55 bits per heavy atom. The van der Waals surface area contributed by atoms with Crippen molar-refractivity contribution in [2.45, 2.75) is 50.9 Å². The molecule has 1 atom stereocenters. The number of carbonyl (C=O) groups is 2. The van der Waals surface area contributed by atoms with Crippen molar-refractivity contribution in [1.82, 2.24) is 4.90 Å². The Kier molecular flexibility index (Phi) is 4.34. The monoisotopic (exact) mass is 285 g/mol. The standard InChI is InChI=1S/C14H23NO5/c1-13(2,3)20-12(17)15-8-11(9-16)19-14(10-15)4-6-18-7-5-14/h9,11H,4-8,10H2,1-3H3/t11-/m0/s1. The third-order valence-electron chi connectivity index (χ3n) is 3.49. The smallest absolute Gasteiger partial charge is 0.410 e. The minimum Gasteiger partial charge on any atom is -0.444 e. The van der Waals surface area contributed by atoms with Crippen LogP contribution in [0.2, 0.25) is 0 Å². The van der Waals surface area contributed by atoms with Crippen LogP contribution < -0.4 is 0 Å². The number of hydrogen-bond acceptors (Lipinski definition) is 5. The lowest BCUT2D eigenvalue weighted by Crippen LogP contribution is -2.60. The van der Waals surface area contributed by atoms with Crippen molar-refractivity contribution in [2.75, 3.05) is 26.3 Å². The summed E-state index contributed by atoms with van der Waals surface area (Å²) in [4.78, 5) is 24.9. The lowest BCUT2D eigenvalue weighted by molar-refractivity contribution is -0.183. The molecular weight excluding hydrogens is 262 g/mol. The molecule has 2 aliphatic rings. The molecule has 0 aromatic rings. The van der Waals surface area contributed by atoms with Crippen LogP contribution in [-0.2, 0) is 19.0 Å². The van der Waals surface area contributed by atoms with E-state index in [1.54, 1.807) is 4.90 Å². The van der Waals surface area contributed by atoms with Gasteiger partial charge in [-0.3, -0.25) is 0 Å². The molecule has 0 unspecified atom stereocenters. The van der Waals surface area contributed by atoms with Gasteiger partial charge in [-0.1, -0.05) is 0 Å². The molecule has 2 aliphatic heterocycles. The molecule has 20 heavy (non-hydrogen) atoms. The quantitative estimate of drug-likeness (QED) is 0.681. The van der Waals surface area contributed by atoms with Crippen molar-refractivity contribution in [3.8, 4) is 0 Å². The second-order valence-electron chi connectivity index (χ2n) is 6.45. The lowest BCUT2D eigenvalue weighted by atomic mass is 9.91. The van der Waals surface area contributed by atoms with Crippen molar-refractivity contribution >= 4 is 12.4 Å². The number of morpholine rings is 1. The Hall–Kier alpha value is -1.14. The fourth-order valence-electron chi connectivity index (χ4n) is 2.58. The Bertz CT molecular complexity index is 370. The molecule has 0 aromatic carbocycles. The minimum absolute atomic E-state index is 0.251. The average Bonchev–Trinajstić information content (AvgIpc) is 2.37. The van der Waals surface area contributed by atoms with Gasteiger partial charge in [-0.15, -0.1) is 0 Å². The number of hydrogen-bond donors (Lipinski definition) is 0. The number of aldehydes is 1. The highest BCUT2D eigenvalue weighted by atomic mass is 16.6. The second kappa shape index (κ2) is 5.69. The van der Waals surface area contributed by atoms with Gasteiger partial charge < -0.3 is 23.9 Å². The van der Waals surface area contributed by atoms with Gasteiger partial charge in [0.05, 0.1) is 18.7 Å². The topological polar surface area (TPSA) is 65.1 Å². The Balaban J connectivity index is 2.08. The van der Waals surface area contributed by atoms with Crippen LogP contribution in [0.25, 0.3) is 0 Å². The van der Waals surface area contributed by atoms with E-state index in [1.807, 2.05) is 20.8 Å². The summed E-state index contributed by atoms with van der Waals surface area (Å²) in [5.74, 6) is 0. The first-order valence-electron chi connectivity index (χ1n) is 7.02. The number of amides is 1. The van der Waals surface area contributed by atoms with Gasteiger partial charge in [0.25, 0.3) is 0 Å². The predicted octanol–water partition coefficient (Wildman–Crippen LogP) is 1.37. The van der Waals surface area contributed by atoms with Crippen LogP contribution in [0.4, 0.5) is 4.79 Å². The largest absolute Gasteiger partial charge is 0.444 e. The molecule has 0 saturated carbocycles. The first-order valence-corrected chi connectivity index (χ1v) is 7.02. The Labute approximate surface area is 119 Å². The molecule has 2 saturated heterocycles. The summed E-state index contributed by atoms with van der Waals surface area (Å²) < 4.78 is 16.6. The summed E-state index contributed by atoms with van der Waals surface area (Å²) in [5.41, 5.74) is -1.02. The number of carbonyl (C=O) groups excluding carboxylic acids is 2. The van der Waals surface area contributed by atoms with Crippen molar-refractivity contribution in [3.63, 3.8) is 0 Å². The van der Waals surface area contributed by atoms with E-state index < -0.39 is 23.4 Å².